The third-order valence-electron chi connectivity index (χ3n) is 5.33. The SMILES string of the molecule is COc1cc(CN2CCCC(C)C2)ccc1OCCCNC(=O)c1cccc(F)c1. The van der Waals surface area contributed by atoms with E-state index >= 15 is 0 Å². The molecule has 162 valence electrons. The first-order chi connectivity index (χ1) is 14.5. The molecule has 1 amide bonds. The number of carbonyl (C=O) groups is 1. The highest BCUT2D eigenvalue weighted by Gasteiger charge is 2.17. The van der Waals surface area contributed by atoms with Crippen LogP contribution in [0.3, 0.4) is 0 Å². The van der Waals surface area contributed by atoms with Gasteiger partial charge in [0.05, 0.1) is 13.7 Å². The summed E-state index contributed by atoms with van der Waals surface area (Å²) < 4.78 is 24.6. The number of carbonyl (C=O) groups excluding carboxylic acids is 1. The number of nitrogens with one attached hydrogen (secondary N) is 1. The Labute approximate surface area is 178 Å². The van der Waals surface area contributed by atoms with E-state index in [1.807, 2.05) is 12.1 Å². The van der Waals surface area contributed by atoms with Crippen LogP contribution in [0.1, 0.15) is 42.1 Å². The van der Waals surface area contributed by atoms with Gasteiger partial charge in [0.1, 0.15) is 5.82 Å². The molecule has 1 unspecified atom stereocenters. The van der Waals surface area contributed by atoms with E-state index in [0.717, 1.165) is 31.3 Å². The summed E-state index contributed by atoms with van der Waals surface area (Å²) in [7, 11) is 1.65. The molecule has 6 heteroatoms. The van der Waals surface area contributed by atoms with Crippen molar-refractivity contribution in [1.82, 2.24) is 10.2 Å². The van der Waals surface area contributed by atoms with E-state index in [1.165, 1.54) is 36.6 Å². The second-order valence-electron chi connectivity index (χ2n) is 7.94. The Hall–Kier alpha value is -2.60. The van der Waals surface area contributed by atoms with Crippen molar-refractivity contribution in [2.45, 2.75) is 32.7 Å². The van der Waals surface area contributed by atoms with Gasteiger partial charge in [0.15, 0.2) is 11.5 Å². The molecule has 0 aliphatic carbocycles. The van der Waals surface area contributed by atoms with Crippen LogP contribution in [-0.2, 0) is 6.54 Å². The first-order valence-corrected chi connectivity index (χ1v) is 10.6. The van der Waals surface area contributed by atoms with Gasteiger partial charge >= 0.3 is 0 Å². The van der Waals surface area contributed by atoms with Gasteiger partial charge in [-0.1, -0.05) is 19.1 Å². The highest BCUT2D eigenvalue weighted by molar-refractivity contribution is 5.94. The predicted octanol–water partition coefficient (Wildman–Crippen LogP) is 4.27. The van der Waals surface area contributed by atoms with Crippen LogP contribution in [0.4, 0.5) is 4.39 Å². The van der Waals surface area contributed by atoms with E-state index in [0.29, 0.717) is 30.9 Å². The van der Waals surface area contributed by atoms with Crippen LogP contribution in [0, 0.1) is 11.7 Å². The monoisotopic (exact) mass is 414 g/mol. The van der Waals surface area contributed by atoms with Crippen molar-refractivity contribution in [1.29, 1.82) is 0 Å². The fraction of sp³-hybridized carbons (Fsp3) is 0.458. The average molecular weight is 415 g/mol. The molecule has 2 aromatic carbocycles. The molecule has 1 heterocycles. The first kappa shape index (κ1) is 22.1. The zero-order chi connectivity index (χ0) is 21.3. The zero-order valence-corrected chi connectivity index (χ0v) is 17.8. The van der Waals surface area contributed by atoms with E-state index in [1.54, 1.807) is 13.2 Å². The number of methoxy groups -OCH3 is 1. The molecule has 5 nitrogen and oxygen atoms in total. The molecule has 1 saturated heterocycles. The number of piperidine rings is 1. The van der Waals surface area contributed by atoms with Gasteiger partial charge in [0.25, 0.3) is 5.91 Å². The van der Waals surface area contributed by atoms with E-state index in [-0.39, 0.29) is 5.91 Å². The van der Waals surface area contributed by atoms with Crippen molar-refractivity contribution < 1.29 is 18.7 Å². The maximum absolute atomic E-state index is 13.2. The van der Waals surface area contributed by atoms with Crippen LogP contribution in [0.2, 0.25) is 0 Å². The fourth-order valence-corrected chi connectivity index (χ4v) is 3.81. The van der Waals surface area contributed by atoms with E-state index < -0.39 is 5.82 Å². The van der Waals surface area contributed by atoms with Crippen molar-refractivity contribution in [3.63, 3.8) is 0 Å². The molecule has 1 aliphatic heterocycles. The molecule has 0 radical (unpaired) electrons. The van der Waals surface area contributed by atoms with Gasteiger partial charge in [-0.25, -0.2) is 4.39 Å². The second-order valence-corrected chi connectivity index (χ2v) is 7.94. The Balaban J connectivity index is 1.44. The minimum atomic E-state index is -0.420. The summed E-state index contributed by atoms with van der Waals surface area (Å²) in [6, 6.07) is 11.7. The quantitative estimate of drug-likeness (QED) is 0.623. The normalized spacial score (nSPS) is 16.8. The summed E-state index contributed by atoms with van der Waals surface area (Å²) >= 11 is 0. The smallest absolute Gasteiger partial charge is 0.251 e. The number of rotatable bonds is 9. The van der Waals surface area contributed by atoms with Crippen LogP contribution in [0.5, 0.6) is 11.5 Å². The lowest BCUT2D eigenvalue weighted by atomic mass is 10.00. The van der Waals surface area contributed by atoms with Gasteiger partial charge in [-0.05, 0) is 67.6 Å². The third kappa shape index (κ3) is 6.46. The summed E-state index contributed by atoms with van der Waals surface area (Å²) in [6.07, 6.45) is 3.21. The maximum Gasteiger partial charge on any atom is 0.251 e. The molecule has 0 aromatic heterocycles. The highest BCUT2D eigenvalue weighted by atomic mass is 19.1. The standard InChI is InChI=1S/C24H31FN2O3/c1-18-6-4-12-27(16-18)17-19-9-10-22(23(14-19)29-2)30-13-5-11-26-24(28)20-7-3-8-21(25)15-20/h3,7-10,14-15,18H,4-6,11-13,16-17H2,1-2H3,(H,26,28). The molecular weight excluding hydrogens is 383 g/mol. The van der Waals surface area contributed by atoms with Crippen molar-refractivity contribution in [3.8, 4) is 11.5 Å². The van der Waals surface area contributed by atoms with Crippen LogP contribution < -0.4 is 14.8 Å². The first-order valence-electron chi connectivity index (χ1n) is 10.6. The molecule has 3 rings (SSSR count). The second kappa shape index (κ2) is 11.0. The molecule has 0 bridgehead atoms. The number of hydrogen-bond acceptors (Lipinski definition) is 4. The summed E-state index contributed by atoms with van der Waals surface area (Å²) in [5.74, 6) is 1.47. The minimum absolute atomic E-state index is 0.288. The number of ether oxygens (including phenoxy) is 2. The number of halogens is 1. The lowest BCUT2D eigenvalue weighted by Crippen LogP contribution is -2.33. The van der Waals surface area contributed by atoms with Crippen LogP contribution in [0.15, 0.2) is 42.5 Å². The Morgan fingerprint density at radius 1 is 1.23 bits per heavy atom. The lowest BCUT2D eigenvalue weighted by molar-refractivity contribution is 0.0951. The van der Waals surface area contributed by atoms with Gasteiger partial charge < -0.3 is 14.8 Å². The summed E-state index contributed by atoms with van der Waals surface area (Å²) in [5, 5.41) is 2.78. The summed E-state index contributed by atoms with van der Waals surface area (Å²) in [6.45, 7) is 6.41. The van der Waals surface area contributed by atoms with Crippen LogP contribution in [-0.4, -0.2) is 44.2 Å². The molecule has 1 atom stereocenters. The lowest BCUT2D eigenvalue weighted by Gasteiger charge is -2.30. The number of likely N-dealkylation sites (tertiary alicyclic amines) is 1. The summed E-state index contributed by atoms with van der Waals surface area (Å²) in [4.78, 5) is 14.5. The Morgan fingerprint density at radius 3 is 2.87 bits per heavy atom. The number of nitrogens with zero attached hydrogens (tertiary/aromatic N) is 1. The Kier molecular flexibility index (Phi) is 8.08. The van der Waals surface area contributed by atoms with E-state index in [2.05, 4.69) is 23.2 Å². The molecule has 1 aliphatic rings. The Morgan fingerprint density at radius 2 is 2.10 bits per heavy atom. The molecule has 0 saturated carbocycles. The highest BCUT2D eigenvalue weighted by Crippen LogP contribution is 2.29. The maximum atomic E-state index is 13.2. The Bertz CT molecular complexity index is 843. The molecular formula is C24H31FN2O3. The van der Waals surface area contributed by atoms with Crippen molar-refractivity contribution in [2.75, 3.05) is 33.4 Å². The van der Waals surface area contributed by atoms with E-state index in [9.17, 15) is 9.18 Å². The van der Waals surface area contributed by atoms with Crippen molar-refractivity contribution in [2.24, 2.45) is 5.92 Å². The van der Waals surface area contributed by atoms with Crippen molar-refractivity contribution in [3.05, 3.63) is 59.4 Å². The molecule has 1 N–H and O–H groups in total. The van der Waals surface area contributed by atoms with Gasteiger partial charge in [-0.15, -0.1) is 0 Å². The van der Waals surface area contributed by atoms with Gasteiger partial charge in [0, 0.05) is 25.2 Å². The predicted molar refractivity (Wildman–Crippen MR) is 116 cm³/mol. The molecule has 30 heavy (non-hydrogen) atoms. The van der Waals surface area contributed by atoms with Gasteiger partial charge in [-0.3, -0.25) is 9.69 Å². The zero-order valence-electron chi connectivity index (χ0n) is 17.8. The van der Waals surface area contributed by atoms with Crippen LogP contribution >= 0.6 is 0 Å². The fourth-order valence-electron chi connectivity index (χ4n) is 3.81. The third-order valence-corrected chi connectivity index (χ3v) is 5.33. The topological polar surface area (TPSA) is 50.8 Å². The summed E-state index contributed by atoms with van der Waals surface area (Å²) in [5.41, 5.74) is 1.53. The largest absolute Gasteiger partial charge is 0.493 e. The van der Waals surface area contributed by atoms with Crippen LogP contribution in [0.25, 0.3) is 0 Å². The van der Waals surface area contributed by atoms with E-state index in [4.69, 9.17) is 9.47 Å². The molecule has 2 aromatic rings. The average Bonchev–Trinajstić information content (AvgIpc) is 2.74. The van der Waals surface area contributed by atoms with Crippen molar-refractivity contribution >= 4 is 5.91 Å². The van der Waals surface area contributed by atoms with Gasteiger partial charge in [-0.2, -0.15) is 0 Å². The molecule has 1 fully saturated rings. The molecule has 0 spiro atoms. The number of hydrogen-bond donors (Lipinski definition) is 1. The number of amides is 1. The minimum Gasteiger partial charge on any atom is -0.493 e. The number of benzene rings is 2. The van der Waals surface area contributed by atoms with Gasteiger partial charge in [0.2, 0.25) is 0 Å².